The summed E-state index contributed by atoms with van der Waals surface area (Å²) in [7, 11) is 0. The lowest BCUT2D eigenvalue weighted by atomic mass is 10.0. The second-order valence-electron chi connectivity index (χ2n) is 4.72. The fourth-order valence-electron chi connectivity index (χ4n) is 1.93. The number of Topliss-reactive ketones (excluding diaryl/α,β-unsaturated/α-hetero) is 1. The molecule has 0 N–H and O–H groups in total. The smallest absolute Gasteiger partial charge is 0.294 e. The van der Waals surface area contributed by atoms with Crippen molar-refractivity contribution in [2.24, 2.45) is 0 Å². The van der Waals surface area contributed by atoms with Gasteiger partial charge < -0.3 is 0 Å². The molecule has 0 aliphatic carbocycles. The summed E-state index contributed by atoms with van der Waals surface area (Å²) < 4.78 is 37.4. The minimum atomic E-state index is -4.45. The summed E-state index contributed by atoms with van der Waals surface area (Å²) in [5, 5.41) is 10.8. The van der Waals surface area contributed by atoms with Crippen molar-refractivity contribution in [1.29, 1.82) is 0 Å². The number of nitro benzene ring substituents is 1. The molecule has 0 heterocycles. The summed E-state index contributed by atoms with van der Waals surface area (Å²) in [6.45, 7) is 0. The standard InChI is InChI=1S/C15H9ClF3NO3/c16-13-6-5-11(20(22)23)8-12(13)14(21)7-9-1-3-10(4-2-9)15(17,18)19/h1-6,8H,7H2. The number of ketones is 1. The summed E-state index contributed by atoms with van der Waals surface area (Å²) in [5.74, 6) is -0.515. The predicted octanol–water partition coefficient (Wildman–Crippen LogP) is 4.69. The summed E-state index contributed by atoms with van der Waals surface area (Å²) in [4.78, 5) is 22.2. The number of hydrogen-bond donors (Lipinski definition) is 0. The first-order chi connectivity index (χ1) is 10.7. The number of nitrogens with zero attached hydrogens (tertiary/aromatic N) is 1. The Bertz CT molecular complexity index is 758. The normalized spacial score (nSPS) is 11.3. The second kappa shape index (κ2) is 6.37. The van der Waals surface area contributed by atoms with Gasteiger partial charge in [0.05, 0.1) is 15.5 Å². The van der Waals surface area contributed by atoms with Crippen LogP contribution in [0.5, 0.6) is 0 Å². The first-order valence-corrected chi connectivity index (χ1v) is 6.69. The van der Waals surface area contributed by atoms with E-state index < -0.39 is 22.4 Å². The molecule has 0 aliphatic heterocycles. The molecule has 0 amide bonds. The Balaban J connectivity index is 2.22. The van der Waals surface area contributed by atoms with Crippen molar-refractivity contribution in [3.8, 4) is 0 Å². The Labute approximate surface area is 133 Å². The molecule has 0 unspecified atom stereocenters. The Hall–Kier alpha value is -2.41. The number of hydrogen-bond acceptors (Lipinski definition) is 3. The van der Waals surface area contributed by atoms with E-state index in [-0.39, 0.29) is 22.7 Å². The summed E-state index contributed by atoms with van der Waals surface area (Å²) in [5.41, 5.74) is -0.793. The third-order valence-corrected chi connectivity index (χ3v) is 3.44. The zero-order valence-electron chi connectivity index (χ0n) is 11.4. The lowest BCUT2D eigenvalue weighted by Crippen LogP contribution is -2.07. The Morgan fingerprint density at radius 2 is 1.74 bits per heavy atom. The Morgan fingerprint density at radius 3 is 2.26 bits per heavy atom. The molecule has 0 saturated carbocycles. The van der Waals surface area contributed by atoms with Crippen LogP contribution in [0.15, 0.2) is 42.5 Å². The van der Waals surface area contributed by atoms with Crippen molar-refractivity contribution < 1.29 is 22.9 Å². The SMILES string of the molecule is O=C(Cc1ccc(C(F)(F)F)cc1)c1cc([N+](=O)[O-])ccc1Cl. The number of halogens is 4. The Kier molecular flexibility index (Phi) is 4.70. The zero-order valence-corrected chi connectivity index (χ0v) is 12.2. The van der Waals surface area contributed by atoms with Gasteiger partial charge in [0.25, 0.3) is 5.69 Å². The van der Waals surface area contributed by atoms with Crippen molar-refractivity contribution in [1.82, 2.24) is 0 Å². The number of rotatable bonds is 4. The van der Waals surface area contributed by atoms with Crippen LogP contribution in [-0.4, -0.2) is 10.7 Å². The fourth-order valence-corrected chi connectivity index (χ4v) is 2.16. The molecule has 0 atom stereocenters. The van der Waals surface area contributed by atoms with Gasteiger partial charge in [-0.05, 0) is 23.8 Å². The van der Waals surface area contributed by atoms with Gasteiger partial charge in [-0.2, -0.15) is 13.2 Å². The monoisotopic (exact) mass is 343 g/mol. The minimum Gasteiger partial charge on any atom is -0.294 e. The van der Waals surface area contributed by atoms with E-state index in [1.807, 2.05) is 0 Å². The molecule has 2 rings (SSSR count). The van der Waals surface area contributed by atoms with Crippen molar-refractivity contribution in [2.45, 2.75) is 12.6 Å². The predicted molar refractivity (Wildman–Crippen MR) is 77.6 cm³/mol. The molecular formula is C15H9ClF3NO3. The van der Waals surface area contributed by atoms with E-state index in [0.29, 0.717) is 5.56 Å². The second-order valence-corrected chi connectivity index (χ2v) is 5.12. The average molecular weight is 344 g/mol. The minimum absolute atomic E-state index is 0.0410. The van der Waals surface area contributed by atoms with E-state index in [4.69, 9.17) is 11.6 Å². The highest BCUT2D eigenvalue weighted by atomic mass is 35.5. The van der Waals surface area contributed by atoms with E-state index in [1.165, 1.54) is 18.2 Å². The zero-order chi connectivity index (χ0) is 17.2. The van der Waals surface area contributed by atoms with Gasteiger partial charge >= 0.3 is 6.18 Å². The molecule has 120 valence electrons. The number of benzene rings is 2. The van der Waals surface area contributed by atoms with Crippen molar-refractivity contribution in [3.05, 3.63) is 74.3 Å². The molecule has 23 heavy (non-hydrogen) atoms. The summed E-state index contributed by atoms with van der Waals surface area (Å²) in [6.07, 6.45) is -4.66. The number of carbonyl (C=O) groups is 1. The van der Waals surface area contributed by atoms with E-state index in [0.717, 1.165) is 24.3 Å². The van der Waals surface area contributed by atoms with Crippen LogP contribution in [-0.2, 0) is 12.6 Å². The van der Waals surface area contributed by atoms with Gasteiger partial charge in [-0.3, -0.25) is 14.9 Å². The topological polar surface area (TPSA) is 60.2 Å². The molecule has 8 heteroatoms. The lowest BCUT2D eigenvalue weighted by molar-refractivity contribution is -0.384. The summed E-state index contributed by atoms with van der Waals surface area (Å²) >= 11 is 5.85. The average Bonchev–Trinajstić information content (AvgIpc) is 2.47. The van der Waals surface area contributed by atoms with Gasteiger partial charge in [0, 0.05) is 24.1 Å². The first kappa shape index (κ1) is 17.0. The van der Waals surface area contributed by atoms with E-state index in [9.17, 15) is 28.1 Å². The molecule has 0 fully saturated rings. The molecular weight excluding hydrogens is 335 g/mol. The van der Waals surface area contributed by atoms with E-state index in [2.05, 4.69) is 0 Å². The number of carbonyl (C=O) groups excluding carboxylic acids is 1. The van der Waals surface area contributed by atoms with Crippen molar-refractivity contribution in [3.63, 3.8) is 0 Å². The van der Waals surface area contributed by atoms with Crippen molar-refractivity contribution >= 4 is 23.1 Å². The number of alkyl halides is 3. The molecule has 0 aromatic heterocycles. The molecule has 0 saturated heterocycles. The van der Waals surface area contributed by atoms with Crippen LogP contribution >= 0.6 is 11.6 Å². The maximum absolute atomic E-state index is 12.5. The maximum Gasteiger partial charge on any atom is 0.416 e. The van der Waals surface area contributed by atoms with Crippen LogP contribution < -0.4 is 0 Å². The molecule has 0 bridgehead atoms. The summed E-state index contributed by atoms with van der Waals surface area (Å²) in [6, 6.07) is 7.57. The first-order valence-electron chi connectivity index (χ1n) is 6.32. The molecule has 4 nitrogen and oxygen atoms in total. The van der Waals surface area contributed by atoms with Gasteiger partial charge in [-0.25, -0.2) is 0 Å². The van der Waals surface area contributed by atoms with Gasteiger partial charge in [0.1, 0.15) is 0 Å². The van der Waals surface area contributed by atoms with Gasteiger partial charge in [-0.15, -0.1) is 0 Å². The van der Waals surface area contributed by atoms with E-state index >= 15 is 0 Å². The van der Waals surface area contributed by atoms with Crippen molar-refractivity contribution in [2.75, 3.05) is 0 Å². The molecule has 0 spiro atoms. The van der Waals surface area contributed by atoms with Crippen LogP contribution in [0.3, 0.4) is 0 Å². The van der Waals surface area contributed by atoms with Gasteiger partial charge in [-0.1, -0.05) is 23.7 Å². The third kappa shape index (κ3) is 4.07. The van der Waals surface area contributed by atoms with Crippen LogP contribution in [0.4, 0.5) is 18.9 Å². The lowest BCUT2D eigenvalue weighted by Gasteiger charge is -2.08. The number of nitro groups is 1. The van der Waals surface area contributed by atoms with Crippen LogP contribution in [0, 0.1) is 10.1 Å². The van der Waals surface area contributed by atoms with Crippen LogP contribution in [0.1, 0.15) is 21.5 Å². The van der Waals surface area contributed by atoms with Crippen LogP contribution in [0.2, 0.25) is 5.02 Å². The van der Waals surface area contributed by atoms with Gasteiger partial charge in [0.15, 0.2) is 5.78 Å². The Morgan fingerprint density at radius 1 is 1.13 bits per heavy atom. The largest absolute Gasteiger partial charge is 0.416 e. The maximum atomic E-state index is 12.5. The quantitative estimate of drug-likeness (QED) is 0.459. The molecule has 2 aromatic carbocycles. The molecule has 0 radical (unpaired) electrons. The fraction of sp³-hybridized carbons (Fsp3) is 0.133. The highest BCUT2D eigenvalue weighted by Crippen LogP contribution is 2.29. The highest BCUT2D eigenvalue weighted by Gasteiger charge is 2.30. The third-order valence-electron chi connectivity index (χ3n) is 3.11. The number of non-ortho nitro benzene ring substituents is 1. The van der Waals surface area contributed by atoms with Gasteiger partial charge in [0.2, 0.25) is 0 Å². The molecule has 0 aliphatic rings. The molecule has 2 aromatic rings. The van der Waals surface area contributed by atoms with E-state index in [1.54, 1.807) is 0 Å². The highest BCUT2D eigenvalue weighted by molar-refractivity contribution is 6.34. The van der Waals surface area contributed by atoms with Crippen LogP contribution in [0.25, 0.3) is 0 Å².